The van der Waals surface area contributed by atoms with E-state index < -0.39 is 11.0 Å². The first-order valence-electron chi connectivity index (χ1n) is 9.42. The second kappa shape index (κ2) is 7.29. The summed E-state index contributed by atoms with van der Waals surface area (Å²) in [6.45, 7) is 0. The van der Waals surface area contributed by atoms with Crippen molar-refractivity contribution in [2.24, 2.45) is 0 Å². The molecule has 0 spiro atoms. The number of hydrogen-bond acceptors (Lipinski definition) is 4. The minimum atomic E-state index is -1.49. The van der Waals surface area contributed by atoms with Crippen LogP contribution in [0.1, 0.15) is 29.2 Å². The Morgan fingerprint density at radius 2 is 1.79 bits per heavy atom. The molecule has 1 amide bonds. The quantitative estimate of drug-likeness (QED) is 0.718. The van der Waals surface area contributed by atoms with Gasteiger partial charge in [0, 0.05) is 18.5 Å². The highest BCUT2D eigenvalue weighted by molar-refractivity contribution is 7.93. The standard InChI is InChI=1S/C23H18N2O3S/c26-23-14-22(29(27)25-23)16-4-6-17(7-5-16)28-21-9-8-19-18(2-1-3-20(19)21)15-10-12-24-13-11-15/h1-7,10-14,21H,8-9H2,(H,25,26)/t21-,29?/m1/s1. The molecule has 1 unspecified atom stereocenters. The fourth-order valence-electron chi connectivity index (χ4n) is 3.94. The molecule has 0 radical (unpaired) electrons. The molecular weight excluding hydrogens is 384 g/mol. The van der Waals surface area contributed by atoms with Crippen LogP contribution >= 0.6 is 0 Å². The fourth-order valence-corrected chi connectivity index (χ4v) is 4.86. The molecule has 1 aromatic heterocycles. The van der Waals surface area contributed by atoms with E-state index in [0.717, 1.165) is 24.2 Å². The number of nitrogens with one attached hydrogen (secondary N) is 1. The summed E-state index contributed by atoms with van der Waals surface area (Å²) < 4.78 is 20.6. The van der Waals surface area contributed by atoms with E-state index in [-0.39, 0.29) is 12.0 Å². The summed E-state index contributed by atoms with van der Waals surface area (Å²) in [5.74, 6) is 0.427. The minimum Gasteiger partial charge on any atom is -0.486 e. The predicted molar refractivity (Wildman–Crippen MR) is 112 cm³/mol. The number of carbonyl (C=O) groups excluding carboxylic acids is 1. The summed E-state index contributed by atoms with van der Waals surface area (Å²) >= 11 is 0. The van der Waals surface area contributed by atoms with E-state index in [1.54, 1.807) is 0 Å². The lowest BCUT2D eigenvalue weighted by Crippen LogP contribution is -2.16. The zero-order valence-electron chi connectivity index (χ0n) is 15.5. The van der Waals surface area contributed by atoms with Gasteiger partial charge in [-0.2, -0.15) is 0 Å². The lowest BCUT2D eigenvalue weighted by molar-refractivity contribution is -0.114. The number of amides is 1. The highest BCUT2D eigenvalue weighted by Crippen LogP contribution is 2.40. The van der Waals surface area contributed by atoms with E-state index in [1.165, 1.54) is 28.3 Å². The highest BCUT2D eigenvalue weighted by Gasteiger charge is 2.27. The average molecular weight is 402 g/mol. The Morgan fingerprint density at radius 1 is 1.00 bits per heavy atom. The molecule has 1 aliphatic heterocycles. The van der Waals surface area contributed by atoms with Gasteiger partial charge in [0.05, 0.1) is 4.91 Å². The molecule has 6 heteroatoms. The topological polar surface area (TPSA) is 68.3 Å². The first-order valence-corrected chi connectivity index (χ1v) is 10.6. The van der Waals surface area contributed by atoms with Crippen LogP contribution in [0.2, 0.25) is 0 Å². The maximum atomic E-state index is 11.9. The average Bonchev–Trinajstić information content (AvgIpc) is 3.31. The molecule has 5 rings (SSSR count). The molecule has 1 N–H and O–H groups in total. The maximum Gasteiger partial charge on any atom is 0.257 e. The van der Waals surface area contributed by atoms with Crippen LogP contribution < -0.4 is 9.46 Å². The summed E-state index contributed by atoms with van der Waals surface area (Å²) in [5.41, 5.74) is 5.71. The third-order valence-corrected chi connectivity index (χ3v) is 6.42. The number of ether oxygens (including phenoxy) is 1. The molecule has 5 nitrogen and oxygen atoms in total. The molecule has 0 bridgehead atoms. The van der Waals surface area contributed by atoms with Crippen LogP contribution in [-0.4, -0.2) is 15.1 Å². The number of hydrogen-bond donors (Lipinski definition) is 1. The molecule has 2 aromatic carbocycles. The van der Waals surface area contributed by atoms with Crippen molar-refractivity contribution in [3.63, 3.8) is 0 Å². The van der Waals surface area contributed by atoms with Gasteiger partial charge in [-0.3, -0.25) is 14.5 Å². The van der Waals surface area contributed by atoms with E-state index in [0.29, 0.717) is 4.91 Å². The Kier molecular flexibility index (Phi) is 4.48. The van der Waals surface area contributed by atoms with Gasteiger partial charge in [-0.15, -0.1) is 0 Å². The minimum absolute atomic E-state index is 0.000657. The second-order valence-electron chi connectivity index (χ2n) is 7.02. The Hall–Kier alpha value is -3.25. The molecule has 0 saturated carbocycles. The number of pyridine rings is 1. The van der Waals surface area contributed by atoms with Crippen LogP contribution in [0.5, 0.6) is 5.75 Å². The Balaban J connectivity index is 1.38. The van der Waals surface area contributed by atoms with Gasteiger partial charge < -0.3 is 4.74 Å². The van der Waals surface area contributed by atoms with Crippen LogP contribution in [0.25, 0.3) is 16.0 Å². The van der Waals surface area contributed by atoms with Gasteiger partial charge in [0.25, 0.3) is 5.91 Å². The van der Waals surface area contributed by atoms with E-state index in [4.69, 9.17) is 4.74 Å². The van der Waals surface area contributed by atoms with Crippen LogP contribution in [0.3, 0.4) is 0 Å². The number of carbonyl (C=O) groups is 1. The maximum absolute atomic E-state index is 11.9. The van der Waals surface area contributed by atoms with Crippen molar-refractivity contribution in [2.45, 2.75) is 18.9 Å². The number of nitrogens with zero attached hydrogens (tertiary/aromatic N) is 1. The van der Waals surface area contributed by atoms with Crippen LogP contribution in [-0.2, 0) is 22.2 Å². The molecule has 144 valence electrons. The largest absolute Gasteiger partial charge is 0.486 e. The molecule has 0 fully saturated rings. The molecule has 0 saturated heterocycles. The molecule has 2 aliphatic rings. The number of rotatable bonds is 4. The zero-order valence-corrected chi connectivity index (χ0v) is 16.3. The van der Waals surface area contributed by atoms with Gasteiger partial charge in [-0.25, -0.2) is 4.21 Å². The Labute approximate surface area is 171 Å². The van der Waals surface area contributed by atoms with Gasteiger partial charge in [0.15, 0.2) is 11.0 Å². The summed E-state index contributed by atoms with van der Waals surface area (Å²) in [5, 5.41) is 0. The second-order valence-corrected chi connectivity index (χ2v) is 8.20. The van der Waals surface area contributed by atoms with Crippen molar-refractivity contribution in [1.29, 1.82) is 0 Å². The van der Waals surface area contributed by atoms with Crippen LogP contribution in [0, 0.1) is 0 Å². The zero-order chi connectivity index (χ0) is 19.8. The number of benzene rings is 2. The van der Waals surface area contributed by atoms with Crippen molar-refractivity contribution in [2.75, 3.05) is 0 Å². The summed E-state index contributed by atoms with van der Waals surface area (Å²) in [4.78, 5) is 16.0. The fraction of sp³-hybridized carbons (Fsp3) is 0.130. The third-order valence-electron chi connectivity index (χ3n) is 5.28. The molecule has 29 heavy (non-hydrogen) atoms. The number of aromatic nitrogens is 1. The van der Waals surface area contributed by atoms with Gasteiger partial charge in [0.2, 0.25) is 0 Å². The first-order chi connectivity index (χ1) is 14.2. The van der Waals surface area contributed by atoms with Crippen molar-refractivity contribution >= 4 is 21.8 Å². The van der Waals surface area contributed by atoms with E-state index in [2.05, 4.69) is 27.9 Å². The summed E-state index contributed by atoms with van der Waals surface area (Å²) in [7, 11) is -1.49. The normalized spacial score (nSPS) is 20.1. The molecule has 2 atom stereocenters. The van der Waals surface area contributed by atoms with E-state index in [9.17, 15) is 9.00 Å². The van der Waals surface area contributed by atoms with Gasteiger partial charge in [-0.1, -0.05) is 30.3 Å². The van der Waals surface area contributed by atoms with Crippen molar-refractivity contribution in [1.82, 2.24) is 9.71 Å². The van der Waals surface area contributed by atoms with E-state index in [1.807, 2.05) is 48.8 Å². The molecule has 1 aliphatic carbocycles. The molecule has 2 heterocycles. The summed E-state index contributed by atoms with van der Waals surface area (Å²) in [6.07, 6.45) is 6.90. The summed E-state index contributed by atoms with van der Waals surface area (Å²) in [6, 6.07) is 17.8. The number of fused-ring (bicyclic) bond motifs is 1. The van der Waals surface area contributed by atoms with Gasteiger partial charge in [-0.05, 0) is 64.9 Å². The van der Waals surface area contributed by atoms with Crippen molar-refractivity contribution in [3.05, 3.63) is 89.8 Å². The smallest absolute Gasteiger partial charge is 0.257 e. The lowest BCUT2D eigenvalue weighted by atomic mass is 9.97. The van der Waals surface area contributed by atoms with Crippen molar-refractivity contribution < 1.29 is 13.7 Å². The van der Waals surface area contributed by atoms with E-state index >= 15 is 0 Å². The lowest BCUT2D eigenvalue weighted by Gasteiger charge is -2.16. The Bertz CT molecular complexity index is 1140. The predicted octanol–water partition coefficient (Wildman–Crippen LogP) is 3.95. The van der Waals surface area contributed by atoms with Crippen LogP contribution in [0.4, 0.5) is 0 Å². The first kappa shape index (κ1) is 17.8. The SMILES string of the molecule is O=C1C=C(c2ccc(O[C@@H]3CCc4c(-c5ccncc5)cccc43)cc2)S(=O)N1. The van der Waals surface area contributed by atoms with Crippen LogP contribution in [0.15, 0.2) is 73.1 Å². The van der Waals surface area contributed by atoms with Gasteiger partial charge in [0.1, 0.15) is 11.9 Å². The molecule has 3 aromatic rings. The molecular formula is C23H18N2O3S. The third kappa shape index (κ3) is 3.36. The van der Waals surface area contributed by atoms with Crippen molar-refractivity contribution in [3.8, 4) is 16.9 Å². The monoisotopic (exact) mass is 402 g/mol. The Morgan fingerprint density at radius 3 is 2.52 bits per heavy atom. The van der Waals surface area contributed by atoms with Gasteiger partial charge >= 0.3 is 0 Å². The highest BCUT2D eigenvalue weighted by atomic mass is 32.2.